The molecule has 0 radical (unpaired) electrons. The number of rotatable bonds is 4. The molecule has 0 aliphatic rings. The lowest BCUT2D eigenvalue weighted by molar-refractivity contribution is 1.12. The number of hydrogen-bond acceptors (Lipinski definition) is 0. The van der Waals surface area contributed by atoms with Crippen molar-refractivity contribution in [2.75, 3.05) is 0 Å². The summed E-state index contributed by atoms with van der Waals surface area (Å²) in [5.74, 6) is 0. The van der Waals surface area contributed by atoms with Gasteiger partial charge in [-0.3, -0.25) is 0 Å². The molecule has 0 unspecified atom stereocenters. The maximum absolute atomic E-state index is 3.72. The Hall–Kier alpha value is -1.04. The van der Waals surface area contributed by atoms with Gasteiger partial charge in [-0.1, -0.05) is 85.9 Å². The minimum Gasteiger partial charge on any atom is -0.0991 e. The van der Waals surface area contributed by atoms with Crippen LogP contribution in [0.4, 0.5) is 0 Å². The molecule has 0 aliphatic heterocycles. The van der Waals surface area contributed by atoms with Gasteiger partial charge in [0.25, 0.3) is 0 Å². The van der Waals surface area contributed by atoms with Gasteiger partial charge in [-0.15, -0.1) is 0 Å². The van der Waals surface area contributed by atoms with E-state index in [1.807, 2.05) is 53.7 Å². The van der Waals surface area contributed by atoms with Crippen LogP contribution in [0, 0.1) is 0 Å². The van der Waals surface area contributed by atoms with E-state index in [-0.39, 0.29) is 0 Å². The van der Waals surface area contributed by atoms with E-state index in [2.05, 4.69) is 33.1 Å². The first-order chi connectivity index (χ1) is 8.26. The van der Waals surface area contributed by atoms with Crippen molar-refractivity contribution < 1.29 is 0 Å². The molecule has 0 spiro atoms. The zero-order valence-electron chi connectivity index (χ0n) is 13.4. The van der Waals surface area contributed by atoms with Gasteiger partial charge >= 0.3 is 0 Å². The predicted molar refractivity (Wildman–Crippen MR) is 86.6 cm³/mol. The Morgan fingerprint density at radius 2 is 1.35 bits per heavy atom. The van der Waals surface area contributed by atoms with Gasteiger partial charge in [0.05, 0.1) is 0 Å². The van der Waals surface area contributed by atoms with E-state index < -0.39 is 0 Å². The Labute approximate surface area is 111 Å². The first-order valence-electron chi connectivity index (χ1n) is 6.87. The summed E-state index contributed by atoms with van der Waals surface area (Å²) in [6, 6.07) is 0. The van der Waals surface area contributed by atoms with E-state index in [0.717, 1.165) is 6.42 Å². The van der Waals surface area contributed by atoms with Crippen LogP contribution in [0.3, 0.4) is 0 Å². The van der Waals surface area contributed by atoms with Crippen LogP contribution in [0.15, 0.2) is 48.6 Å². The molecule has 0 rings (SSSR count). The fourth-order valence-corrected chi connectivity index (χ4v) is 0.843. The molecule has 102 valence electrons. The summed E-state index contributed by atoms with van der Waals surface area (Å²) in [4.78, 5) is 0. The zero-order chi connectivity index (χ0) is 14.7. The molecule has 0 heterocycles. The third-order valence-corrected chi connectivity index (χ3v) is 1.63. The molecule has 0 saturated heterocycles. The Kier molecular flexibility index (Phi) is 43.2. The summed E-state index contributed by atoms with van der Waals surface area (Å²) in [6.45, 7) is 23.5. The molecule has 17 heavy (non-hydrogen) atoms. The molecule has 0 amide bonds. The Morgan fingerprint density at radius 3 is 1.59 bits per heavy atom. The highest BCUT2D eigenvalue weighted by Gasteiger charge is 1.90. The van der Waals surface area contributed by atoms with Crippen molar-refractivity contribution in [3.63, 3.8) is 0 Å². The van der Waals surface area contributed by atoms with Crippen molar-refractivity contribution >= 4 is 0 Å². The lowest BCUT2D eigenvalue weighted by Gasteiger charge is -1.99. The van der Waals surface area contributed by atoms with Gasteiger partial charge in [-0.25, -0.2) is 0 Å². The quantitative estimate of drug-likeness (QED) is 0.477. The number of hydrogen-bond donors (Lipinski definition) is 0. The maximum Gasteiger partial charge on any atom is -0.0305 e. The summed E-state index contributed by atoms with van der Waals surface area (Å²) < 4.78 is 0. The molecular formula is C17H34. The van der Waals surface area contributed by atoms with Crippen LogP contribution >= 0.6 is 0 Å². The van der Waals surface area contributed by atoms with Gasteiger partial charge in [0.2, 0.25) is 0 Å². The van der Waals surface area contributed by atoms with Crippen molar-refractivity contribution in [3.05, 3.63) is 48.6 Å². The molecule has 0 N–H and O–H groups in total. The van der Waals surface area contributed by atoms with Gasteiger partial charge in [0.1, 0.15) is 0 Å². The smallest absolute Gasteiger partial charge is 0.0305 e. The van der Waals surface area contributed by atoms with Crippen LogP contribution in [-0.2, 0) is 0 Å². The second kappa shape index (κ2) is 29.4. The first kappa shape index (κ1) is 25.0. The van der Waals surface area contributed by atoms with Crippen LogP contribution in [0.5, 0.6) is 0 Å². The molecule has 0 aromatic rings. The topological polar surface area (TPSA) is 0 Å². The third-order valence-electron chi connectivity index (χ3n) is 1.63. The van der Waals surface area contributed by atoms with Crippen molar-refractivity contribution in [1.29, 1.82) is 0 Å². The highest BCUT2D eigenvalue weighted by atomic mass is 14.0. The van der Waals surface area contributed by atoms with Gasteiger partial charge in [0.15, 0.2) is 0 Å². The van der Waals surface area contributed by atoms with Crippen molar-refractivity contribution in [1.82, 2.24) is 0 Å². The minimum absolute atomic E-state index is 1.04. The fraction of sp³-hybridized carbons (Fsp3) is 0.529. The number of allylic oxidation sites excluding steroid dienone is 6. The van der Waals surface area contributed by atoms with E-state index in [0.29, 0.717) is 0 Å². The Bertz CT molecular complexity index is 192. The standard InChI is InChI=1S/C11H16.3C2H6/c1-5-8-9-11(7-3)10(4)6-2;3*1-2/h5-6,8-9H,1-2,7H2,3-4H3;3*1-2H3/b9-8-,11-10+;;;. The monoisotopic (exact) mass is 238 g/mol. The largest absolute Gasteiger partial charge is 0.0991 e. The zero-order valence-corrected chi connectivity index (χ0v) is 13.4. The molecule has 0 saturated carbocycles. The summed E-state index contributed by atoms with van der Waals surface area (Å²) in [6.07, 6.45) is 8.73. The highest BCUT2D eigenvalue weighted by Crippen LogP contribution is 2.10. The third kappa shape index (κ3) is 20.9. The second-order valence-electron chi connectivity index (χ2n) is 2.36. The average Bonchev–Trinajstić information content (AvgIpc) is 2.45. The Balaban J connectivity index is -0.000000121. The molecular weight excluding hydrogens is 204 g/mol. The SMILES string of the molecule is C=C/C=C\C(CC)=C(/C)C=C.CC.CC.CC. The van der Waals surface area contributed by atoms with Crippen LogP contribution < -0.4 is 0 Å². The predicted octanol–water partition coefficient (Wildman–Crippen LogP) is 6.72. The summed E-state index contributed by atoms with van der Waals surface area (Å²) in [5, 5.41) is 0. The second-order valence-corrected chi connectivity index (χ2v) is 2.36. The normalized spacial score (nSPS) is 9.41. The highest BCUT2D eigenvalue weighted by molar-refractivity contribution is 5.31. The molecule has 0 aromatic heterocycles. The molecule has 0 aliphatic carbocycles. The van der Waals surface area contributed by atoms with E-state index in [4.69, 9.17) is 0 Å². The van der Waals surface area contributed by atoms with E-state index >= 15 is 0 Å². The Morgan fingerprint density at radius 1 is 0.941 bits per heavy atom. The molecule has 0 aromatic carbocycles. The fourth-order valence-electron chi connectivity index (χ4n) is 0.843. The van der Waals surface area contributed by atoms with Crippen LogP contribution in [0.25, 0.3) is 0 Å². The molecule has 0 heteroatoms. The van der Waals surface area contributed by atoms with Crippen molar-refractivity contribution in [2.45, 2.75) is 61.8 Å². The van der Waals surface area contributed by atoms with E-state index in [1.54, 1.807) is 6.08 Å². The molecule has 0 nitrogen and oxygen atoms in total. The van der Waals surface area contributed by atoms with Crippen LogP contribution in [0.2, 0.25) is 0 Å². The molecule has 0 bridgehead atoms. The van der Waals surface area contributed by atoms with Gasteiger partial charge < -0.3 is 0 Å². The van der Waals surface area contributed by atoms with Crippen molar-refractivity contribution in [3.8, 4) is 0 Å². The summed E-state index contributed by atoms with van der Waals surface area (Å²) in [7, 11) is 0. The van der Waals surface area contributed by atoms with Crippen LogP contribution in [-0.4, -0.2) is 0 Å². The minimum atomic E-state index is 1.04. The van der Waals surface area contributed by atoms with Gasteiger partial charge in [-0.2, -0.15) is 0 Å². The maximum atomic E-state index is 3.72. The summed E-state index contributed by atoms with van der Waals surface area (Å²) in [5.41, 5.74) is 2.56. The lowest BCUT2D eigenvalue weighted by atomic mass is 10.1. The summed E-state index contributed by atoms with van der Waals surface area (Å²) >= 11 is 0. The lowest BCUT2D eigenvalue weighted by Crippen LogP contribution is -1.79. The van der Waals surface area contributed by atoms with E-state index in [1.165, 1.54) is 11.1 Å². The van der Waals surface area contributed by atoms with Gasteiger partial charge in [-0.05, 0) is 24.5 Å². The molecule has 0 fully saturated rings. The van der Waals surface area contributed by atoms with Crippen molar-refractivity contribution in [2.24, 2.45) is 0 Å². The first-order valence-corrected chi connectivity index (χ1v) is 6.87. The van der Waals surface area contributed by atoms with E-state index in [9.17, 15) is 0 Å². The molecule has 0 atom stereocenters. The van der Waals surface area contributed by atoms with Gasteiger partial charge in [0, 0.05) is 0 Å². The van der Waals surface area contributed by atoms with Crippen LogP contribution in [0.1, 0.15) is 61.8 Å². The average molecular weight is 238 g/mol.